The molecule has 0 aliphatic carbocycles. The molecule has 1 aliphatic rings. The zero-order chi connectivity index (χ0) is 12.1. The first-order chi connectivity index (χ1) is 8.35. The molecule has 17 heavy (non-hydrogen) atoms. The molecule has 0 radical (unpaired) electrons. The number of para-hydroxylation sites is 1. The normalized spacial score (nSPS) is 19.9. The molecular formula is C14H22N2O. The zero-order valence-corrected chi connectivity index (χ0v) is 10.8. The summed E-state index contributed by atoms with van der Waals surface area (Å²) in [6, 6.07) is 9.30. The molecule has 1 aromatic rings. The van der Waals surface area contributed by atoms with E-state index in [4.69, 9.17) is 4.74 Å². The molecule has 1 fully saturated rings. The molecule has 1 unspecified atom stereocenters. The topological polar surface area (TPSA) is 24.5 Å². The van der Waals surface area contributed by atoms with Crippen LogP contribution >= 0.6 is 0 Å². The first-order valence-electron chi connectivity index (χ1n) is 6.34. The number of nitrogens with zero attached hydrogens (tertiary/aromatic N) is 1. The fourth-order valence-corrected chi connectivity index (χ4v) is 2.46. The molecule has 1 aromatic carbocycles. The molecule has 0 amide bonds. The van der Waals surface area contributed by atoms with E-state index >= 15 is 0 Å². The van der Waals surface area contributed by atoms with Gasteiger partial charge in [0.2, 0.25) is 0 Å². The molecular weight excluding hydrogens is 212 g/mol. The summed E-state index contributed by atoms with van der Waals surface area (Å²) in [4.78, 5) is 2.48. The van der Waals surface area contributed by atoms with Gasteiger partial charge in [0.15, 0.2) is 0 Å². The molecule has 1 aliphatic heterocycles. The van der Waals surface area contributed by atoms with Crippen molar-refractivity contribution in [2.24, 2.45) is 0 Å². The second-order valence-electron chi connectivity index (χ2n) is 4.59. The second-order valence-corrected chi connectivity index (χ2v) is 4.59. The van der Waals surface area contributed by atoms with Crippen LogP contribution in [-0.4, -0.2) is 39.9 Å². The number of benzene rings is 1. The lowest BCUT2D eigenvalue weighted by atomic mass is 10.1. The number of methoxy groups -OCH3 is 1. The van der Waals surface area contributed by atoms with Crippen molar-refractivity contribution in [3.63, 3.8) is 0 Å². The molecule has 0 spiro atoms. The van der Waals surface area contributed by atoms with Crippen LogP contribution in [0.3, 0.4) is 0 Å². The van der Waals surface area contributed by atoms with Gasteiger partial charge in [-0.1, -0.05) is 18.2 Å². The van der Waals surface area contributed by atoms with Crippen molar-refractivity contribution in [1.29, 1.82) is 0 Å². The Kier molecular flexibility index (Phi) is 4.40. The fraction of sp³-hybridized carbons (Fsp3) is 0.571. The van der Waals surface area contributed by atoms with Crippen molar-refractivity contribution in [2.45, 2.75) is 18.9 Å². The molecule has 1 atom stereocenters. The molecule has 2 rings (SSSR count). The molecule has 3 nitrogen and oxygen atoms in total. The first-order valence-corrected chi connectivity index (χ1v) is 6.34. The number of anilines is 1. The van der Waals surface area contributed by atoms with Crippen LogP contribution in [0.25, 0.3) is 0 Å². The summed E-state index contributed by atoms with van der Waals surface area (Å²) in [5, 5.41) is 3.36. The summed E-state index contributed by atoms with van der Waals surface area (Å²) >= 11 is 0. The van der Waals surface area contributed by atoms with Gasteiger partial charge in [-0.05, 0) is 31.5 Å². The monoisotopic (exact) mass is 234 g/mol. The third-order valence-corrected chi connectivity index (χ3v) is 3.50. The predicted octanol–water partition coefficient (Wildman–Crippen LogP) is 1.67. The van der Waals surface area contributed by atoms with E-state index in [2.05, 4.69) is 34.5 Å². The van der Waals surface area contributed by atoms with E-state index in [9.17, 15) is 0 Å². The molecule has 0 saturated carbocycles. The van der Waals surface area contributed by atoms with E-state index < -0.39 is 0 Å². The van der Waals surface area contributed by atoms with Gasteiger partial charge < -0.3 is 15.0 Å². The third-order valence-electron chi connectivity index (χ3n) is 3.50. The minimum Gasteiger partial charge on any atom is -0.384 e. The van der Waals surface area contributed by atoms with E-state index in [0.29, 0.717) is 6.04 Å². The van der Waals surface area contributed by atoms with Crippen LogP contribution in [0, 0.1) is 0 Å². The van der Waals surface area contributed by atoms with Crippen LogP contribution in [0.15, 0.2) is 24.3 Å². The summed E-state index contributed by atoms with van der Waals surface area (Å²) in [6.07, 6.45) is 2.22. The standard InChI is InChI=1S/C14H22N2O/c1-15-13-7-9-16(11-13)14-6-4-3-5-12(14)8-10-17-2/h3-6,13,15H,7-11H2,1-2H3. The van der Waals surface area contributed by atoms with Gasteiger partial charge in [0.05, 0.1) is 6.61 Å². The van der Waals surface area contributed by atoms with E-state index in [1.54, 1.807) is 7.11 Å². The maximum absolute atomic E-state index is 5.17. The van der Waals surface area contributed by atoms with E-state index in [1.807, 2.05) is 7.05 Å². The maximum atomic E-state index is 5.17. The molecule has 1 N–H and O–H groups in total. The number of likely N-dealkylation sites (N-methyl/N-ethyl adjacent to an activating group) is 1. The maximum Gasteiger partial charge on any atom is 0.0503 e. The second kappa shape index (κ2) is 6.03. The van der Waals surface area contributed by atoms with Crippen LogP contribution in [-0.2, 0) is 11.2 Å². The number of hydrogen-bond donors (Lipinski definition) is 1. The van der Waals surface area contributed by atoms with Crippen LogP contribution in [0.5, 0.6) is 0 Å². The Bertz CT molecular complexity index is 354. The Morgan fingerprint density at radius 1 is 1.41 bits per heavy atom. The van der Waals surface area contributed by atoms with Crippen LogP contribution in [0.4, 0.5) is 5.69 Å². The van der Waals surface area contributed by atoms with E-state index in [0.717, 1.165) is 26.1 Å². The lowest BCUT2D eigenvalue weighted by Crippen LogP contribution is -2.29. The summed E-state index contributed by atoms with van der Waals surface area (Å²) in [6.45, 7) is 3.05. The van der Waals surface area contributed by atoms with Crippen LogP contribution in [0.1, 0.15) is 12.0 Å². The quantitative estimate of drug-likeness (QED) is 0.839. The molecule has 1 heterocycles. The minimum atomic E-state index is 0.630. The van der Waals surface area contributed by atoms with Crippen molar-refractivity contribution in [1.82, 2.24) is 5.32 Å². The Balaban J connectivity index is 2.09. The Hall–Kier alpha value is -1.06. The highest BCUT2D eigenvalue weighted by Gasteiger charge is 2.22. The van der Waals surface area contributed by atoms with Crippen molar-refractivity contribution >= 4 is 5.69 Å². The fourth-order valence-electron chi connectivity index (χ4n) is 2.46. The summed E-state index contributed by atoms with van der Waals surface area (Å²) < 4.78 is 5.17. The molecule has 0 aromatic heterocycles. The average molecular weight is 234 g/mol. The predicted molar refractivity (Wildman–Crippen MR) is 71.7 cm³/mol. The third kappa shape index (κ3) is 2.99. The summed E-state index contributed by atoms with van der Waals surface area (Å²) in [5.74, 6) is 0. The Labute approximate surface area is 104 Å². The van der Waals surface area contributed by atoms with Crippen molar-refractivity contribution < 1.29 is 4.74 Å². The van der Waals surface area contributed by atoms with E-state index in [1.165, 1.54) is 17.7 Å². The van der Waals surface area contributed by atoms with E-state index in [-0.39, 0.29) is 0 Å². The zero-order valence-electron chi connectivity index (χ0n) is 10.8. The van der Waals surface area contributed by atoms with Gasteiger partial charge in [-0.2, -0.15) is 0 Å². The first kappa shape index (κ1) is 12.4. The number of rotatable bonds is 5. The molecule has 94 valence electrons. The summed E-state index contributed by atoms with van der Waals surface area (Å²) in [7, 11) is 3.81. The van der Waals surface area contributed by atoms with Crippen molar-refractivity contribution in [3.05, 3.63) is 29.8 Å². The Morgan fingerprint density at radius 3 is 2.94 bits per heavy atom. The highest BCUT2D eigenvalue weighted by atomic mass is 16.5. The molecule has 0 bridgehead atoms. The average Bonchev–Trinajstić information content (AvgIpc) is 2.85. The Morgan fingerprint density at radius 2 is 2.24 bits per heavy atom. The lowest BCUT2D eigenvalue weighted by Gasteiger charge is -2.22. The van der Waals surface area contributed by atoms with Gasteiger partial charge >= 0.3 is 0 Å². The van der Waals surface area contributed by atoms with Crippen LogP contribution < -0.4 is 10.2 Å². The SMILES string of the molecule is CNC1CCN(c2ccccc2CCOC)C1. The molecule has 1 saturated heterocycles. The van der Waals surface area contributed by atoms with Gasteiger partial charge in [-0.25, -0.2) is 0 Å². The van der Waals surface area contributed by atoms with Gasteiger partial charge in [0.1, 0.15) is 0 Å². The molecule has 3 heteroatoms. The number of hydrogen-bond acceptors (Lipinski definition) is 3. The highest BCUT2D eigenvalue weighted by Crippen LogP contribution is 2.24. The van der Waals surface area contributed by atoms with Gasteiger partial charge in [0, 0.05) is 31.9 Å². The lowest BCUT2D eigenvalue weighted by molar-refractivity contribution is 0.202. The highest BCUT2D eigenvalue weighted by molar-refractivity contribution is 5.54. The minimum absolute atomic E-state index is 0.630. The van der Waals surface area contributed by atoms with Crippen molar-refractivity contribution in [3.8, 4) is 0 Å². The smallest absolute Gasteiger partial charge is 0.0503 e. The van der Waals surface area contributed by atoms with Crippen LogP contribution in [0.2, 0.25) is 0 Å². The van der Waals surface area contributed by atoms with Gasteiger partial charge in [0.25, 0.3) is 0 Å². The van der Waals surface area contributed by atoms with Crippen molar-refractivity contribution in [2.75, 3.05) is 38.8 Å². The van der Waals surface area contributed by atoms with Gasteiger partial charge in [-0.3, -0.25) is 0 Å². The largest absolute Gasteiger partial charge is 0.384 e. The number of nitrogens with one attached hydrogen (secondary N) is 1. The summed E-state index contributed by atoms with van der Waals surface area (Å²) in [5.41, 5.74) is 2.77. The number of ether oxygens (including phenoxy) is 1. The van der Waals surface area contributed by atoms with Gasteiger partial charge in [-0.15, -0.1) is 0 Å².